The van der Waals surface area contributed by atoms with Crippen LogP contribution >= 0.6 is 11.6 Å². The minimum atomic E-state index is -1.12. The minimum absolute atomic E-state index is 0.0601. The molecule has 3 rings (SSSR count). The van der Waals surface area contributed by atoms with Crippen LogP contribution in [0.2, 0.25) is 5.02 Å². The van der Waals surface area contributed by atoms with Gasteiger partial charge in [-0.3, -0.25) is 14.4 Å². The zero-order valence-corrected chi connectivity index (χ0v) is 27.2. The molecule has 6 atom stereocenters. The SMILES string of the molecule is CCC(C)[C@@H]1OC(=O)[C@H](C)CNC(=O)[C@@H](Cc2ccc(OC)c(Cl)c2)NC(=O)C=CCC([C@H](C)C=Cc2ccccc2)OC1=O. The Morgan fingerprint density at radius 1 is 1.04 bits per heavy atom. The molecule has 10 heteroatoms. The van der Waals surface area contributed by atoms with E-state index in [-0.39, 0.29) is 31.2 Å². The molecule has 0 fully saturated rings. The van der Waals surface area contributed by atoms with Gasteiger partial charge in [0.1, 0.15) is 17.9 Å². The first kappa shape index (κ1) is 35.4. The highest BCUT2D eigenvalue weighted by Crippen LogP contribution is 2.26. The fourth-order valence-corrected chi connectivity index (χ4v) is 4.94. The number of hydrogen-bond donors (Lipinski definition) is 2. The second-order valence-corrected chi connectivity index (χ2v) is 11.8. The van der Waals surface area contributed by atoms with Crippen molar-refractivity contribution in [2.24, 2.45) is 17.8 Å². The van der Waals surface area contributed by atoms with Crippen molar-refractivity contribution in [3.05, 3.63) is 82.9 Å². The summed E-state index contributed by atoms with van der Waals surface area (Å²) in [6, 6.07) is 13.9. The molecule has 242 valence electrons. The first-order valence-corrected chi connectivity index (χ1v) is 15.6. The van der Waals surface area contributed by atoms with E-state index in [0.29, 0.717) is 22.8 Å². The zero-order chi connectivity index (χ0) is 32.9. The van der Waals surface area contributed by atoms with Crippen molar-refractivity contribution >= 4 is 41.4 Å². The Hall–Kier alpha value is -4.11. The molecule has 2 aromatic rings. The molecule has 2 N–H and O–H groups in total. The van der Waals surface area contributed by atoms with Crippen LogP contribution in [0.3, 0.4) is 0 Å². The van der Waals surface area contributed by atoms with Crippen molar-refractivity contribution in [2.75, 3.05) is 13.7 Å². The van der Waals surface area contributed by atoms with Gasteiger partial charge in [-0.1, -0.05) is 93.9 Å². The summed E-state index contributed by atoms with van der Waals surface area (Å²) in [6.07, 6.45) is 5.96. The number of rotatable bonds is 8. The van der Waals surface area contributed by atoms with Crippen LogP contribution in [0.25, 0.3) is 6.08 Å². The van der Waals surface area contributed by atoms with Crippen LogP contribution in [-0.4, -0.2) is 55.7 Å². The molecule has 1 heterocycles. The van der Waals surface area contributed by atoms with E-state index in [1.165, 1.54) is 13.2 Å². The molecule has 0 radical (unpaired) electrons. The minimum Gasteiger partial charge on any atom is -0.495 e. The lowest BCUT2D eigenvalue weighted by atomic mass is 9.98. The molecular formula is C35H43ClN2O7. The first-order valence-electron chi connectivity index (χ1n) is 15.2. The monoisotopic (exact) mass is 638 g/mol. The largest absolute Gasteiger partial charge is 0.495 e. The topological polar surface area (TPSA) is 120 Å². The van der Waals surface area contributed by atoms with E-state index in [0.717, 1.165) is 5.56 Å². The third kappa shape index (κ3) is 10.8. The zero-order valence-electron chi connectivity index (χ0n) is 26.5. The highest BCUT2D eigenvalue weighted by atomic mass is 35.5. The Morgan fingerprint density at radius 2 is 1.78 bits per heavy atom. The summed E-state index contributed by atoms with van der Waals surface area (Å²) in [6.45, 7) is 7.17. The van der Waals surface area contributed by atoms with Crippen molar-refractivity contribution in [1.29, 1.82) is 0 Å². The number of hydrogen-bond acceptors (Lipinski definition) is 7. The Balaban J connectivity index is 1.90. The molecule has 0 aromatic heterocycles. The standard InChI is InChI=1S/C35H43ClN2O7/c1-6-22(2)32-35(42)44-29(23(3)15-16-25-11-8-7-9-12-25)13-10-14-31(39)38-28(33(40)37-21-24(4)34(41)45-32)20-26-17-18-30(43-5)27(36)19-26/h7-12,14-19,22-24,28-29,32H,6,13,20-21H2,1-5H3,(H,37,40)(H,38,39)/t22?,23-,24-,28-,29?,32+/m1/s1. The van der Waals surface area contributed by atoms with Gasteiger partial charge in [-0.15, -0.1) is 0 Å². The fraction of sp³-hybridized carbons (Fsp3) is 0.429. The van der Waals surface area contributed by atoms with Crippen molar-refractivity contribution in [3.63, 3.8) is 0 Å². The normalized spacial score (nSPS) is 23.4. The number of ether oxygens (including phenoxy) is 3. The van der Waals surface area contributed by atoms with Crippen LogP contribution in [0, 0.1) is 17.8 Å². The molecule has 0 bridgehead atoms. The molecule has 0 aliphatic carbocycles. The number of nitrogens with one attached hydrogen (secondary N) is 2. The Labute approximate surface area is 270 Å². The van der Waals surface area contributed by atoms with E-state index in [1.54, 1.807) is 31.2 Å². The van der Waals surface area contributed by atoms with Crippen molar-refractivity contribution < 1.29 is 33.4 Å². The maximum atomic E-state index is 13.4. The number of esters is 2. The second kappa shape index (κ2) is 17.4. The third-order valence-electron chi connectivity index (χ3n) is 7.79. The average molecular weight is 639 g/mol. The number of halogens is 1. The summed E-state index contributed by atoms with van der Waals surface area (Å²) in [5, 5.41) is 5.85. The summed E-state index contributed by atoms with van der Waals surface area (Å²) < 4.78 is 16.9. The van der Waals surface area contributed by atoms with Crippen LogP contribution in [0.4, 0.5) is 0 Å². The highest BCUT2D eigenvalue weighted by molar-refractivity contribution is 6.32. The van der Waals surface area contributed by atoms with Crippen molar-refractivity contribution in [1.82, 2.24) is 10.6 Å². The molecule has 0 saturated heterocycles. The molecule has 2 unspecified atom stereocenters. The molecule has 1 aliphatic rings. The summed E-state index contributed by atoms with van der Waals surface area (Å²) in [7, 11) is 1.51. The summed E-state index contributed by atoms with van der Waals surface area (Å²) in [5.41, 5.74) is 1.69. The lowest BCUT2D eigenvalue weighted by Gasteiger charge is -2.28. The number of carbonyl (C=O) groups is 4. The van der Waals surface area contributed by atoms with Crippen LogP contribution in [0.1, 0.15) is 51.7 Å². The molecule has 9 nitrogen and oxygen atoms in total. The Kier molecular flexibility index (Phi) is 13.7. The predicted octanol–water partition coefficient (Wildman–Crippen LogP) is 5.31. The molecule has 2 amide bonds. The Morgan fingerprint density at radius 3 is 2.44 bits per heavy atom. The summed E-state index contributed by atoms with van der Waals surface area (Å²) >= 11 is 6.29. The average Bonchev–Trinajstić information content (AvgIpc) is 3.03. The van der Waals surface area contributed by atoms with Gasteiger partial charge in [0.15, 0.2) is 0 Å². The summed E-state index contributed by atoms with van der Waals surface area (Å²) in [5.74, 6) is -3.10. The molecule has 0 saturated carbocycles. The van der Waals surface area contributed by atoms with E-state index < -0.39 is 47.9 Å². The van der Waals surface area contributed by atoms with Gasteiger partial charge in [0, 0.05) is 31.2 Å². The maximum Gasteiger partial charge on any atom is 0.348 e. The molecule has 45 heavy (non-hydrogen) atoms. The number of carbonyl (C=O) groups excluding carboxylic acids is 4. The van der Waals surface area contributed by atoms with Crippen LogP contribution in [0.5, 0.6) is 5.75 Å². The van der Waals surface area contributed by atoms with Gasteiger partial charge < -0.3 is 24.8 Å². The number of amides is 2. The number of methoxy groups -OCH3 is 1. The van der Waals surface area contributed by atoms with Gasteiger partial charge >= 0.3 is 11.9 Å². The fourth-order valence-electron chi connectivity index (χ4n) is 4.66. The van der Waals surface area contributed by atoms with Crippen molar-refractivity contribution in [2.45, 2.75) is 65.2 Å². The van der Waals surface area contributed by atoms with Gasteiger partial charge in [0.2, 0.25) is 17.9 Å². The highest BCUT2D eigenvalue weighted by Gasteiger charge is 2.34. The van der Waals surface area contributed by atoms with Gasteiger partial charge in [-0.2, -0.15) is 0 Å². The van der Waals surface area contributed by atoms with Gasteiger partial charge in [0.25, 0.3) is 0 Å². The van der Waals surface area contributed by atoms with Gasteiger partial charge in [0.05, 0.1) is 18.1 Å². The van der Waals surface area contributed by atoms with E-state index in [2.05, 4.69) is 10.6 Å². The molecule has 2 aromatic carbocycles. The smallest absolute Gasteiger partial charge is 0.348 e. The number of benzene rings is 2. The van der Waals surface area contributed by atoms with Crippen LogP contribution in [0.15, 0.2) is 66.8 Å². The maximum absolute atomic E-state index is 13.4. The summed E-state index contributed by atoms with van der Waals surface area (Å²) in [4.78, 5) is 52.8. The first-order chi connectivity index (χ1) is 21.5. The quantitative estimate of drug-likeness (QED) is 0.376. The second-order valence-electron chi connectivity index (χ2n) is 11.4. The molecule has 0 spiro atoms. The predicted molar refractivity (Wildman–Crippen MR) is 173 cm³/mol. The van der Waals surface area contributed by atoms with Gasteiger partial charge in [-0.05, 0) is 35.8 Å². The van der Waals surface area contributed by atoms with Crippen molar-refractivity contribution in [3.8, 4) is 5.75 Å². The van der Waals surface area contributed by atoms with Crippen LogP contribution in [-0.2, 0) is 35.1 Å². The molecule has 1 aliphatic heterocycles. The Bertz CT molecular complexity index is 1380. The van der Waals surface area contributed by atoms with E-state index in [4.69, 9.17) is 25.8 Å². The lowest BCUT2D eigenvalue weighted by Crippen LogP contribution is -2.49. The van der Waals surface area contributed by atoms with E-state index in [1.807, 2.05) is 63.3 Å². The van der Waals surface area contributed by atoms with E-state index in [9.17, 15) is 19.2 Å². The van der Waals surface area contributed by atoms with E-state index >= 15 is 0 Å². The third-order valence-corrected chi connectivity index (χ3v) is 8.09. The van der Waals surface area contributed by atoms with Gasteiger partial charge in [-0.25, -0.2) is 4.79 Å². The number of cyclic esters (lactones) is 2. The van der Waals surface area contributed by atoms with Crippen LogP contribution < -0.4 is 15.4 Å². The lowest BCUT2D eigenvalue weighted by molar-refractivity contribution is -0.178. The molecular weight excluding hydrogens is 596 g/mol.